The van der Waals surface area contributed by atoms with Crippen molar-refractivity contribution in [2.75, 3.05) is 5.32 Å². The number of carbonyl (C=O) groups is 1. The van der Waals surface area contributed by atoms with Crippen LogP contribution in [0.1, 0.15) is 16.7 Å². The van der Waals surface area contributed by atoms with Gasteiger partial charge in [-0.15, -0.1) is 0 Å². The SMILES string of the molecule is Cc1ccccc1NC(=O)/C(C#N)=C/c1cn(Cc2ccccc2)nc1-c1ccccc1. The number of amides is 1. The van der Waals surface area contributed by atoms with Gasteiger partial charge < -0.3 is 5.32 Å². The molecule has 0 saturated heterocycles. The fourth-order valence-electron chi connectivity index (χ4n) is 3.42. The Morgan fingerprint density at radius 3 is 2.34 bits per heavy atom. The second-order valence-corrected chi connectivity index (χ2v) is 7.42. The van der Waals surface area contributed by atoms with Crippen LogP contribution in [0.3, 0.4) is 0 Å². The van der Waals surface area contributed by atoms with E-state index >= 15 is 0 Å². The van der Waals surface area contributed by atoms with Crippen LogP contribution in [0.2, 0.25) is 0 Å². The van der Waals surface area contributed by atoms with Gasteiger partial charge in [-0.1, -0.05) is 78.9 Å². The van der Waals surface area contributed by atoms with Crippen LogP contribution in [0.4, 0.5) is 5.69 Å². The van der Waals surface area contributed by atoms with Crippen molar-refractivity contribution in [1.29, 1.82) is 5.26 Å². The highest BCUT2D eigenvalue weighted by molar-refractivity contribution is 6.10. The molecule has 1 amide bonds. The van der Waals surface area contributed by atoms with E-state index in [2.05, 4.69) is 5.32 Å². The van der Waals surface area contributed by atoms with Gasteiger partial charge in [-0.25, -0.2) is 0 Å². The van der Waals surface area contributed by atoms with E-state index in [0.29, 0.717) is 17.8 Å². The second-order valence-electron chi connectivity index (χ2n) is 7.42. The molecular weight excluding hydrogens is 396 g/mol. The Morgan fingerprint density at radius 2 is 1.66 bits per heavy atom. The summed E-state index contributed by atoms with van der Waals surface area (Å²) in [5, 5.41) is 17.3. The average Bonchev–Trinajstić information content (AvgIpc) is 3.22. The van der Waals surface area contributed by atoms with Crippen molar-refractivity contribution in [1.82, 2.24) is 9.78 Å². The lowest BCUT2D eigenvalue weighted by atomic mass is 10.1. The molecule has 0 aliphatic rings. The third-order valence-corrected chi connectivity index (χ3v) is 5.08. The molecule has 1 heterocycles. The average molecular weight is 419 g/mol. The van der Waals surface area contributed by atoms with E-state index in [1.807, 2.05) is 109 Å². The zero-order valence-electron chi connectivity index (χ0n) is 17.7. The lowest BCUT2D eigenvalue weighted by Gasteiger charge is -2.07. The van der Waals surface area contributed by atoms with Gasteiger partial charge in [0.15, 0.2) is 0 Å². The van der Waals surface area contributed by atoms with E-state index in [9.17, 15) is 10.1 Å². The zero-order chi connectivity index (χ0) is 22.3. The summed E-state index contributed by atoms with van der Waals surface area (Å²) in [6.07, 6.45) is 3.47. The molecule has 0 atom stereocenters. The third-order valence-electron chi connectivity index (χ3n) is 5.08. The van der Waals surface area contributed by atoms with Crippen LogP contribution in [0, 0.1) is 18.3 Å². The maximum atomic E-state index is 12.8. The van der Waals surface area contributed by atoms with Crippen molar-refractivity contribution >= 4 is 17.7 Å². The van der Waals surface area contributed by atoms with E-state index in [4.69, 9.17) is 5.10 Å². The summed E-state index contributed by atoms with van der Waals surface area (Å²) >= 11 is 0. The minimum Gasteiger partial charge on any atom is -0.321 e. The van der Waals surface area contributed by atoms with Crippen LogP contribution in [0.25, 0.3) is 17.3 Å². The first-order valence-electron chi connectivity index (χ1n) is 10.3. The van der Waals surface area contributed by atoms with E-state index < -0.39 is 5.91 Å². The van der Waals surface area contributed by atoms with E-state index in [-0.39, 0.29) is 5.57 Å². The Morgan fingerprint density at radius 1 is 1.00 bits per heavy atom. The number of anilines is 1. The van der Waals surface area contributed by atoms with Crippen molar-refractivity contribution < 1.29 is 4.79 Å². The first-order valence-corrected chi connectivity index (χ1v) is 10.3. The van der Waals surface area contributed by atoms with E-state index in [0.717, 1.165) is 22.4 Å². The Labute approximate surface area is 187 Å². The number of para-hydroxylation sites is 1. The minimum absolute atomic E-state index is 0.0182. The van der Waals surface area contributed by atoms with Gasteiger partial charge in [0.1, 0.15) is 11.6 Å². The lowest BCUT2D eigenvalue weighted by molar-refractivity contribution is -0.112. The van der Waals surface area contributed by atoms with Gasteiger partial charge in [0.25, 0.3) is 5.91 Å². The van der Waals surface area contributed by atoms with Gasteiger partial charge >= 0.3 is 0 Å². The van der Waals surface area contributed by atoms with Crippen LogP contribution >= 0.6 is 0 Å². The molecular formula is C27H22N4O. The number of hydrogen-bond donors (Lipinski definition) is 1. The molecule has 4 rings (SSSR count). The molecule has 0 saturated carbocycles. The van der Waals surface area contributed by atoms with Crippen LogP contribution in [-0.4, -0.2) is 15.7 Å². The summed E-state index contributed by atoms with van der Waals surface area (Å²) in [7, 11) is 0. The fraction of sp³-hybridized carbons (Fsp3) is 0.0741. The molecule has 5 heteroatoms. The van der Waals surface area contributed by atoms with Crippen molar-refractivity contribution in [3.05, 3.63) is 113 Å². The highest BCUT2D eigenvalue weighted by atomic mass is 16.1. The third kappa shape index (κ3) is 4.82. The minimum atomic E-state index is -0.448. The number of hydrogen-bond acceptors (Lipinski definition) is 3. The Balaban J connectivity index is 1.70. The monoisotopic (exact) mass is 418 g/mol. The Kier molecular flexibility index (Phi) is 6.24. The quantitative estimate of drug-likeness (QED) is 0.334. The molecule has 0 unspecified atom stereocenters. The summed E-state index contributed by atoms with van der Waals surface area (Å²) < 4.78 is 1.83. The van der Waals surface area contributed by atoms with Gasteiger partial charge in [-0.05, 0) is 30.2 Å². The smallest absolute Gasteiger partial charge is 0.266 e. The first kappa shape index (κ1) is 20.8. The van der Waals surface area contributed by atoms with Crippen LogP contribution in [0.15, 0.2) is 96.7 Å². The highest BCUT2D eigenvalue weighted by Crippen LogP contribution is 2.25. The van der Waals surface area contributed by atoms with Gasteiger partial charge in [0.05, 0.1) is 12.2 Å². The molecule has 0 radical (unpaired) electrons. The molecule has 4 aromatic rings. The number of carbonyl (C=O) groups excluding carboxylic acids is 1. The summed E-state index contributed by atoms with van der Waals surface area (Å²) in [5.74, 6) is -0.448. The van der Waals surface area contributed by atoms with Gasteiger partial charge in [-0.3, -0.25) is 9.48 Å². The van der Waals surface area contributed by atoms with Crippen molar-refractivity contribution in [2.24, 2.45) is 0 Å². The summed E-state index contributed by atoms with van der Waals surface area (Å²) in [6.45, 7) is 2.50. The Hall–Kier alpha value is -4.43. The van der Waals surface area contributed by atoms with Crippen molar-refractivity contribution in [2.45, 2.75) is 13.5 Å². The molecule has 32 heavy (non-hydrogen) atoms. The maximum Gasteiger partial charge on any atom is 0.266 e. The molecule has 1 aromatic heterocycles. The van der Waals surface area contributed by atoms with Crippen LogP contribution < -0.4 is 5.32 Å². The zero-order valence-corrected chi connectivity index (χ0v) is 17.7. The number of aryl methyl sites for hydroxylation is 1. The molecule has 0 aliphatic carbocycles. The molecule has 156 valence electrons. The van der Waals surface area contributed by atoms with Crippen LogP contribution in [0.5, 0.6) is 0 Å². The number of rotatable bonds is 6. The van der Waals surface area contributed by atoms with Gasteiger partial charge in [-0.2, -0.15) is 10.4 Å². The maximum absolute atomic E-state index is 12.8. The molecule has 5 nitrogen and oxygen atoms in total. The van der Waals surface area contributed by atoms with Crippen molar-refractivity contribution in [3.8, 4) is 17.3 Å². The highest BCUT2D eigenvalue weighted by Gasteiger charge is 2.15. The summed E-state index contributed by atoms with van der Waals surface area (Å²) in [4.78, 5) is 12.8. The topological polar surface area (TPSA) is 70.7 Å². The standard InChI is InChI=1S/C27H22N4O/c1-20-10-8-9-15-25(20)29-27(32)23(17-28)16-24-19-31(18-21-11-4-2-5-12-21)30-26(24)22-13-6-3-7-14-22/h2-16,19H,18H2,1H3,(H,29,32)/b23-16+. The number of aromatic nitrogens is 2. The van der Waals surface area contributed by atoms with E-state index in [1.54, 1.807) is 6.08 Å². The Bertz CT molecular complexity index is 1300. The normalized spacial score (nSPS) is 11.1. The molecule has 0 aliphatic heterocycles. The number of nitrogens with one attached hydrogen (secondary N) is 1. The largest absolute Gasteiger partial charge is 0.321 e. The summed E-state index contributed by atoms with van der Waals surface area (Å²) in [6, 6.07) is 29.3. The molecule has 3 aromatic carbocycles. The summed E-state index contributed by atoms with van der Waals surface area (Å²) in [5.41, 5.74) is 5.09. The number of benzene rings is 3. The predicted molar refractivity (Wildman–Crippen MR) is 127 cm³/mol. The van der Waals surface area contributed by atoms with E-state index in [1.165, 1.54) is 0 Å². The molecule has 1 N–H and O–H groups in total. The second kappa shape index (κ2) is 9.59. The number of nitriles is 1. The predicted octanol–water partition coefficient (Wildman–Crippen LogP) is 5.45. The number of nitrogens with zero attached hydrogens (tertiary/aromatic N) is 3. The molecule has 0 bridgehead atoms. The van der Waals surface area contributed by atoms with Gasteiger partial charge in [0.2, 0.25) is 0 Å². The molecule has 0 spiro atoms. The van der Waals surface area contributed by atoms with Gasteiger partial charge in [0, 0.05) is 23.0 Å². The first-order chi connectivity index (χ1) is 15.6. The van der Waals surface area contributed by atoms with Crippen molar-refractivity contribution in [3.63, 3.8) is 0 Å². The fourth-order valence-corrected chi connectivity index (χ4v) is 3.42. The lowest BCUT2D eigenvalue weighted by Crippen LogP contribution is -2.14. The molecule has 0 fully saturated rings. The van der Waals surface area contributed by atoms with Crippen LogP contribution in [-0.2, 0) is 11.3 Å².